The van der Waals surface area contributed by atoms with E-state index in [0.29, 0.717) is 29.1 Å². The molecule has 1 fully saturated rings. The van der Waals surface area contributed by atoms with Crippen LogP contribution in [0.4, 0.5) is 0 Å². The molecule has 1 N–H and O–H groups in total. The molecule has 1 saturated heterocycles. The third kappa shape index (κ3) is 3.87. The van der Waals surface area contributed by atoms with E-state index in [0.717, 1.165) is 5.56 Å². The first kappa shape index (κ1) is 19.9. The topological polar surface area (TPSA) is 57.6 Å². The number of aliphatic hydroxyl groups is 1. The fraction of sp³-hybridized carbons (Fsp3) is 0.120. The number of halogens is 1. The zero-order chi connectivity index (χ0) is 21.1. The number of benzene rings is 3. The van der Waals surface area contributed by atoms with Crippen molar-refractivity contribution in [2.45, 2.75) is 12.5 Å². The van der Waals surface area contributed by atoms with E-state index >= 15 is 0 Å². The van der Waals surface area contributed by atoms with E-state index in [2.05, 4.69) is 0 Å². The Bertz CT molecular complexity index is 1110. The average molecular weight is 418 g/mol. The Balaban J connectivity index is 1.79. The first-order valence-electron chi connectivity index (χ1n) is 9.69. The lowest BCUT2D eigenvalue weighted by atomic mass is 9.95. The van der Waals surface area contributed by atoms with Crippen molar-refractivity contribution in [3.63, 3.8) is 0 Å². The molecule has 3 aromatic carbocycles. The van der Waals surface area contributed by atoms with Gasteiger partial charge in [-0.2, -0.15) is 0 Å². The molecule has 3 aromatic rings. The molecule has 1 unspecified atom stereocenters. The smallest absolute Gasteiger partial charge is 0.295 e. The zero-order valence-electron chi connectivity index (χ0n) is 16.2. The van der Waals surface area contributed by atoms with E-state index < -0.39 is 17.7 Å². The molecule has 150 valence electrons. The predicted octanol–water partition coefficient (Wildman–Crippen LogP) is 5.00. The maximum atomic E-state index is 13.0. The third-order valence-electron chi connectivity index (χ3n) is 5.24. The van der Waals surface area contributed by atoms with Gasteiger partial charge in [0.2, 0.25) is 0 Å². The Morgan fingerprint density at radius 1 is 0.900 bits per heavy atom. The van der Waals surface area contributed by atoms with Gasteiger partial charge in [0.05, 0.1) is 11.6 Å². The average Bonchev–Trinajstić information content (AvgIpc) is 3.03. The van der Waals surface area contributed by atoms with Crippen LogP contribution >= 0.6 is 11.6 Å². The normalized spacial score (nSPS) is 18.0. The molecular weight excluding hydrogens is 398 g/mol. The molecule has 4 rings (SSSR count). The second-order valence-electron chi connectivity index (χ2n) is 7.15. The Hall–Kier alpha value is -3.37. The van der Waals surface area contributed by atoms with Crippen LogP contribution in [0.25, 0.3) is 5.76 Å². The minimum Gasteiger partial charge on any atom is -0.507 e. The maximum Gasteiger partial charge on any atom is 0.295 e. The summed E-state index contributed by atoms with van der Waals surface area (Å²) in [7, 11) is 0. The Labute approximate surface area is 180 Å². The third-order valence-corrected chi connectivity index (χ3v) is 5.47. The SMILES string of the molecule is O=C1C(=O)N(CCc2ccccc2)C(c2cccc(Cl)c2)/C1=C(\O)c1ccccc1. The van der Waals surface area contributed by atoms with Crippen molar-refractivity contribution in [3.05, 3.63) is 112 Å². The van der Waals surface area contributed by atoms with Crippen LogP contribution in [0.15, 0.2) is 90.5 Å². The van der Waals surface area contributed by atoms with E-state index in [4.69, 9.17) is 11.6 Å². The second-order valence-corrected chi connectivity index (χ2v) is 7.59. The lowest BCUT2D eigenvalue weighted by molar-refractivity contribution is -0.139. The van der Waals surface area contributed by atoms with Crippen molar-refractivity contribution < 1.29 is 14.7 Å². The van der Waals surface area contributed by atoms with Crippen molar-refractivity contribution in [2.24, 2.45) is 0 Å². The molecule has 1 aliphatic rings. The van der Waals surface area contributed by atoms with Gasteiger partial charge in [-0.15, -0.1) is 0 Å². The van der Waals surface area contributed by atoms with E-state index in [9.17, 15) is 14.7 Å². The highest BCUT2D eigenvalue weighted by Gasteiger charge is 2.45. The Morgan fingerprint density at radius 2 is 1.57 bits per heavy atom. The lowest BCUT2D eigenvalue weighted by Gasteiger charge is -2.25. The Kier molecular flexibility index (Phi) is 5.68. The van der Waals surface area contributed by atoms with Crippen LogP contribution in [0.1, 0.15) is 22.7 Å². The second kappa shape index (κ2) is 8.56. The summed E-state index contributed by atoms with van der Waals surface area (Å²) in [5.41, 5.74) is 2.33. The van der Waals surface area contributed by atoms with Gasteiger partial charge in [-0.3, -0.25) is 9.59 Å². The van der Waals surface area contributed by atoms with Crippen molar-refractivity contribution >= 4 is 29.1 Å². The van der Waals surface area contributed by atoms with Gasteiger partial charge in [0.1, 0.15) is 5.76 Å². The summed E-state index contributed by atoms with van der Waals surface area (Å²) in [6, 6.07) is 24.9. The van der Waals surface area contributed by atoms with E-state index in [1.54, 1.807) is 42.5 Å². The number of Topliss-reactive ketones (excluding diaryl/α,β-unsaturated/α-hetero) is 1. The molecule has 0 spiro atoms. The summed E-state index contributed by atoms with van der Waals surface area (Å²) < 4.78 is 0. The summed E-state index contributed by atoms with van der Waals surface area (Å²) in [6.45, 7) is 0.345. The number of likely N-dealkylation sites (tertiary alicyclic amines) is 1. The molecule has 4 nitrogen and oxygen atoms in total. The van der Waals surface area contributed by atoms with Crippen LogP contribution in [0.3, 0.4) is 0 Å². The molecule has 1 amide bonds. The van der Waals surface area contributed by atoms with E-state index in [-0.39, 0.29) is 11.3 Å². The first-order valence-corrected chi connectivity index (χ1v) is 10.1. The number of hydrogen-bond donors (Lipinski definition) is 1. The van der Waals surface area contributed by atoms with Crippen LogP contribution in [-0.2, 0) is 16.0 Å². The zero-order valence-corrected chi connectivity index (χ0v) is 16.9. The lowest BCUT2D eigenvalue weighted by Crippen LogP contribution is -2.31. The number of carbonyl (C=O) groups is 2. The molecule has 1 aliphatic heterocycles. The van der Waals surface area contributed by atoms with Gasteiger partial charge >= 0.3 is 0 Å². The van der Waals surface area contributed by atoms with Crippen molar-refractivity contribution in [1.82, 2.24) is 4.90 Å². The summed E-state index contributed by atoms with van der Waals surface area (Å²) >= 11 is 6.19. The molecule has 0 bridgehead atoms. The molecule has 0 aromatic heterocycles. The first-order chi connectivity index (χ1) is 14.6. The fourth-order valence-corrected chi connectivity index (χ4v) is 3.98. The minimum absolute atomic E-state index is 0.0847. The largest absolute Gasteiger partial charge is 0.507 e. The minimum atomic E-state index is -0.701. The molecule has 1 atom stereocenters. The predicted molar refractivity (Wildman–Crippen MR) is 117 cm³/mol. The number of rotatable bonds is 5. The van der Waals surface area contributed by atoms with Crippen LogP contribution in [0, 0.1) is 0 Å². The van der Waals surface area contributed by atoms with Gasteiger partial charge in [0.25, 0.3) is 11.7 Å². The van der Waals surface area contributed by atoms with Crippen LogP contribution in [-0.4, -0.2) is 28.2 Å². The standard InChI is InChI=1S/C25H20ClNO3/c26-20-13-7-12-19(16-20)22-21(23(28)18-10-5-2-6-11-18)24(29)25(30)27(22)15-14-17-8-3-1-4-9-17/h1-13,16,22,28H,14-15H2/b23-21+. The fourth-order valence-electron chi connectivity index (χ4n) is 3.78. The highest BCUT2D eigenvalue weighted by molar-refractivity contribution is 6.46. The quantitative estimate of drug-likeness (QED) is 0.361. The molecule has 0 aliphatic carbocycles. The molecule has 5 heteroatoms. The van der Waals surface area contributed by atoms with Gasteiger partial charge in [-0.25, -0.2) is 0 Å². The van der Waals surface area contributed by atoms with E-state index in [1.165, 1.54) is 4.90 Å². The molecule has 0 saturated carbocycles. The highest BCUT2D eigenvalue weighted by atomic mass is 35.5. The van der Waals surface area contributed by atoms with Gasteiger partial charge < -0.3 is 10.0 Å². The summed E-state index contributed by atoms with van der Waals surface area (Å²) in [6.07, 6.45) is 0.594. The van der Waals surface area contributed by atoms with Crippen molar-refractivity contribution in [2.75, 3.05) is 6.54 Å². The Morgan fingerprint density at radius 3 is 2.23 bits per heavy atom. The van der Waals surface area contributed by atoms with Gasteiger partial charge in [-0.05, 0) is 29.7 Å². The van der Waals surface area contributed by atoms with Gasteiger partial charge in [0.15, 0.2) is 0 Å². The van der Waals surface area contributed by atoms with Crippen molar-refractivity contribution in [3.8, 4) is 0 Å². The molecular formula is C25H20ClNO3. The summed E-state index contributed by atoms with van der Waals surface area (Å²) in [5.74, 6) is -1.48. The van der Waals surface area contributed by atoms with Crippen LogP contribution in [0.2, 0.25) is 5.02 Å². The number of amides is 1. The highest BCUT2D eigenvalue weighted by Crippen LogP contribution is 2.40. The maximum absolute atomic E-state index is 13.0. The summed E-state index contributed by atoms with van der Waals surface area (Å²) in [4.78, 5) is 27.4. The monoisotopic (exact) mass is 417 g/mol. The van der Waals surface area contributed by atoms with Gasteiger partial charge in [-0.1, -0.05) is 84.4 Å². The number of aliphatic hydroxyl groups excluding tert-OH is 1. The molecule has 0 radical (unpaired) electrons. The molecule has 30 heavy (non-hydrogen) atoms. The summed E-state index contributed by atoms with van der Waals surface area (Å²) in [5, 5.41) is 11.5. The van der Waals surface area contributed by atoms with Crippen molar-refractivity contribution in [1.29, 1.82) is 0 Å². The van der Waals surface area contributed by atoms with E-state index in [1.807, 2.05) is 42.5 Å². The number of hydrogen-bond acceptors (Lipinski definition) is 3. The number of carbonyl (C=O) groups excluding carboxylic acids is 2. The van der Waals surface area contributed by atoms with Gasteiger partial charge in [0, 0.05) is 17.1 Å². The molecule has 1 heterocycles. The number of nitrogens with zero attached hydrogens (tertiary/aromatic N) is 1. The van der Waals surface area contributed by atoms with Crippen LogP contribution in [0.5, 0.6) is 0 Å². The number of ketones is 1. The van der Waals surface area contributed by atoms with Crippen LogP contribution < -0.4 is 0 Å².